The van der Waals surface area contributed by atoms with E-state index in [9.17, 15) is 0 Å². The average Bonchev–Trinajstić information content (AvgIpc) is 2.70. The summed E-state index contributed by atoms with van der Waals surface area (Å²) >= 11 is 0. The molecule has 3 aromatic carbocycles. The van der Waals surface area contributed by atoms with Crippen molar-refractivity contribution in [3.05, 3.63) is 108 Å². The van der Waals surface area contributed by atoms with Gasteiger partial charge in [0.05, 0.1) is 0 Å². The lowest BCUT2D eigenvalue weighted by molar-refractivity contribution is 0.340. The first-order valence-electron chi connectivity index (χ1n) is 10.1. The van der Waals surface area contributed by atoms with Crippen LogP contribution in [-0.2, 0) is 19.3 Å². The lowest BCUT2D eigenvalue weighted by Crippen LogP contribution is -2.37. The van der Waals surface area contributed by atoms with E-state index in [0.717, 1.165) is 19.3 Å². The van der Waals surface area contributed by atoms with Gasteiger partial charge in [-0.3, -0.25) is 0 Å². The molecule has 3 rings (SSSR count). The molecule has 2 unspecified atom stereocenters. The average molecular weight is 455 g/mol. The Morgan fingerprint density at radius 3 is 1.46 bits per heavy atom. The molecule has 0 spiro atoms. The molecule has 3 aromatic rings. The smallest absolute Gasteiger partial charge is 0.00385 e. The Morgan fingerprint density at radius 1 is 0.679 bits per heavy atom. The molecule has 2 atom stereocenters. The van der Waals surface area contributed by atoms with Crippen LogP contribution in [0.15, 0.2) is 91.0 Å². The summed E-state index contributed by atoms with van der Waals surface area (Å²) in [4.78, 5) is 0. The van der Waals surface area contributed by atoms with Crippen LogP contribution in [0, 0.1) is 5.92 Å². The van der Waals surface area contributed by atoms with Crippen molar-refractivity contribution in [3.8, 4) is 0 Å². The summed E-state index contributed by atoms with van der Waals surface area (Å²) < 4.78 is 0. The second-order valence-electron chi connectivity index (χ2n) is 7.73. The Hall–Kier alpha value is -1.43. The van der Waals surface area contributed by atoms with Crippen LogP contribution in [0.2, 0.25) is 0 Å². The van der Waals surface area contributed by atoms with Crippen molar-refractivity contribution in [1.82, 2.24) is 0 Å². The molecule has 28 heavy (non-hydrogen) atoms. The normalized spacial score (nSPS) is 12.2. The lowest BCUT2D eigenvalue weighted by Gasteiger charge is -2.39. The molecule has 0 aromatic heterocycles. The Balaban J connectivity index is 0.00000280. The molecule has 0 aliphatic rings. The van der Waals surface area contributed by atoms with Crippen molar-refractivity contribution >= 4 is 26.2 Å². The molecule has 0 amide bonds. The molecule has 0 nitrogen and oxygen atoms in total. The summed E-state index contributed by atoms with van der Waals surface area (Å²) in [5.41, 5.74) is 4.30. The minimum atomic E-state index is 0. The van der Waals surface area contributed by atoms with Crippen LogP contribution in [0.3, 0.4) is 0 Å². The Bertz CT molecular complexity index is 745. The standard InChI is InChI=1S/C26H31P.BrH/c1-2-12-25(19-22-13-6-3-7-14-22)26(27,20-23-15-8-4-9-16-23)21-24-17-10-5-11-18-24;/h3-11,13-18,25H,2,12,19-21,27H2,1H3;1H. The van der Waals surface area contributed by atoms with Gasteiger partial charge in [-0.2, -0.15) is 0 Å². The molecule has 0 fully saturated rings. The monoisotopic (exact) mass is 454 g/mol. The first kappa shape index (κ1) is 22.9. The van der Waals surface area contributed by atoms with E-state index < -0.39 is 0 Å². The quantitative estimate of drug-likeness (QED) is 0.297. The molecular formula is C26H32BrP. The molecule has 148 valence electrons. The first-order valence-corrected chi connectivity index (χ1v) is 10.7. The fraction of sp³-hybridized carbons (Fsp3) is 0.308. The number of hydrogen-bond acceptors (Lipinski definition) is 0. The third kappa shape index (κ3) is 6.57. The predicted molar refractivity (Wildman–Crippen MR) is 132 cm³/mol. The number of halogens is 1. The molecule has 0 bridgehead atoms. The minimum Gasteiger partial charge on any atom is -0.130 e. The highest BCUT2D eigenvalue weighted by Gasteiger charge is 2.34. The zero-order valence-corrected chi connectivity index (χ0v) is 19.6. The first-order chi connectivity index (χ1) is 13.2. The highest BCUT2D eigenvalue weighted by Crippen LogP contribution is 2.40. The van der Waals surface area contributed by atoms with Gasteiger partial charge in [0.25, 0.3) is 0 Å². The largest absolute Gasteiger partial charge is 0.130 e. The van der Waals surface area contributed by atoms with E-state index in [1.54, 1.807) is 0 Å². The van der Waals surface area contributed by atoms with Crippen LogP contribution in [-0.4, -0.2) is 5.16 Å². The van der Waals surface area contributed by atoms with E-state index in [1.165, 1.54) is 29.5 Å². The molecule has 0 saturated carbocycles. The molecule has 0 aliphatic carbocycles. The SMILES string of the molecule is Br.CCCC(Cc1ccccc1)C(P)(Cc1ccccc1)Cc1ccccc1. The Labute approximate surface area is 183 Å². The number of rotatable bonds is 9. The van der Waals surface area contributed by atoms with Gasteiger partial charge in [0.2, 0.25) is 0 Å². The topological polar surface area (TPSA) is 0 Å². The predicted octanol–water partition coefficient (Wildman–Crippen LogP) is 7.32. The summed E-state index contributed by atoms with van der Waals surface area (Å²) in [5.74, 6) is 0.621. The molecule has 0 heterocycles. The maximum atomic E-state index is 3.30. The van der Waals surface area contributed by atoms with E-state index in [1.807, 2.05) is 0 Å². The van der Waals surface area contributed by atoms with Crippen molar-refractivity contribution in [1.29, 1.82) is 0 Å². The zero-order valence-electron chi connectivity index (χ0n) is 16.8. The second kappa shape index (κ2) is 11.5. The molecule has 0 N–H and O–H groups in total. The lowest BCUT2D eigenvalue weighted by atomic mass is 9.76. The fourth-order valence-corrected chi connectivity index (χ4v) is 4.90. The van der Waals surface area contributed by atoms with Gasteiger partial charge in [0.1, 0.15) is 0 Å². The van der Waals surface area contributed by atoms with E-state index in [-0.39, 0.29) is 22.1 Å². The Morgan fingerprint density at radius 2 is 1.07 bits per heavy atom. The number of benzene rings is 3. The van der Waals surface area contributed by atoms with E-state index in [2.05, 4.69) is 107 Å². The second-order valence-corrected chi connectivity index (χ2v) is 8.88. The molecular weight excluding hydrogens is 423 g/mol. The van der Waals surface area contributed by atoms with E-state index in [0.29, 0.717) is 5.92 Å². The summed E-state index contributed by atoms with van der Waals surface area (Å²) in [6, 6.07) is 33.0. The maximum Gasteiger partial charge on any atom is -0.00385 e. The van der Waals surface area contributed by atoms with E-state index >= 15 is 0 Å². The zero-order chi connectivity index (χ0) is 19.0. The van der Waals surface area contributed by atoms with E-state index in [4.69, 9.17) is 0 Å². The summed E-state index contributed by atoms with van der Waals surface area (Å²) in [7, 11) is 3.30. The fourth-order valence-electron chi connectivity index (χ4n) is 4.14. The van der Waals surface area contributed by atoms with Gasteiger partial charge in [-0.25, -0.2) is 0 Å². The van der Waals surface area contributed by atoms with Crippen LogP contribution < -0.4 is 0 Å². The minimum absolute atomic E-state index is 0. The summed E-state index contributed by atoms with van der Waals surface area (Å²) in [6.07, 6.45) is 5.78. The van der Waals surface area contributed by atoms with Crippen molar-refractivity contribution in [3.63, 3.8) is 0 Å². The van der Waals surface area contributed by atoms with Gasteiger partial charge in [0.15, 0.2) is 0 Å². The third-order valence-corrected chi connectivity index (χ3v) is 6.41. The van der Waals surface area contributed by atoms with Crippen molar-refractivity contribution in [2.45, 2.75) is 44.2 Å². The van der Waals surface area contributed by atoms with Crippen molar-refractivity contribution in [2.24, 2.45) is 5.92 Å². The van der Waals surface area contributed by atoms with Gasteiger partial charge in [0, 0.05) is 0 Å². The van der Waals surface area contributed by atoms with Crippen LogP contribution in [0.5, 0.6) is 0 Å². The van der Waals surface area contributed by atoms with Crippen LogP contribution in [0.25, 0.3) is 0 Å². The van der Waals surface area contributed by atoms with Gasteiger partial charge in [-0.15, -0.1) is 26.2 Å². The molecule has 0 saturated heterocycles. The maximum absolute atomic E-state index is 3.30. The number of hydrogen-bond donors (Lipinski definition) is 0. The van der Waals surface area contributed by atoms with Crippen LogP contribution in [0.1, 0.15) is 36.5 Å². The third-order valence-electron chi connectivity index (χ3n) is 5.53. The van der Waals surface area contributed by atoms with Gasteiger partial charge in [-0.05, 0) is 53.4 Å². The highest BCUT2D eigenvalue weighted by atomic mass is 79.9. The van der Waals surface area contributed by atoms with Crippen molar-refractivity contribution < 1.29 is 0 Å². The molecule has 2 heteroatoms. The summed E-state index contributed by atoms with van der Waals surface area (Å²) in [5, 5.41) is 0.147. The molecule has 0 radical (unpaired) electrons. The van der Waals surface area contributed by atoms with Gasteiger partial charge in [-0.1, -0.05) is 104 Å². The van der Waals surface area contributed by atoms with Crippen LogP contribution >= 0.6 is 26.2 Å². The van der Waals surface area contributed by atoms with Crippen molar-refractivity contribution in [2.75, 3.05) is 0 Å². The van der Waals surface area contributed by atoms with Gasteiger partial charge < -0.3 is 0 Å². The Kier molecular flexibility index (Phi) is 9.42. The summed E-state index contributed by atoms with van der Waals surface area (Å²) in [6.45, 7) is 2.31. The molecule has 0 aliphatic heterocycles. The highest BCUT2D eigenvalue weighted by molar-refractivity contribution is 8.93. The van der Waals surface area contributed by atoms with Crippen LogP contribution in [0.4, 0.5) is 0 Å². The van der Waals surface area contributed by atoms with Gasteiger partial charge >= 0.3 is 0 Å².